The molecular weight excluding hydrogens is 286 g/mol. The minimum Gasteiger partial charge on any atom is -0.481 e. The summed E-state index contributed by atoms with van der Waals surface area (Å²) in [5.41, 5.74) is 1.50. The van der Waals surface area contributed by atoms with Gasteiger partial charge in [0, 0.05) is 12.3 Å². The lowest BCUT2D eigenvalue weighted by atomic mass is 10.2. The van der Waals surface area contributed by atoms with E-state index in [0.29, 0.717) is 22.8 Å². The molecule has 3 aromatic heterocycles. The first kappa shape index (κ1) is 13.8. The van der Waals surface area contributed by atoms with Crippen LogP contribution in [0.5, 0.6) is 11.8 Å². The molecular formula is C14H13N5O3. The lowest BCUT2D eigenvalue weighted by Crippen LogP contribution is -2.14. The molecule has 112 valence electrons. The van der Waals surface area contributed by atoms with Gasteiger partial charge in [-0.05, 0) is 12.1 Å². The highest BCUT2D eigenvalue weighted by molar-refractivity contribution is 6.09. The summed E-state index contributed by atoms with van der Waals surface area (Å²) in [5, 5.41) is 10.2. The van der Waals surface area contributed by atoms with Crippen molar-refractivity contribution in [2.45, 2.75) is 0 Å². The Labute approximate surface area is 125 Å². The second-order valence-corrected chi connectivity index (χ2v) is 4.36. The van der Waals surface area contributed by atoms with Crippen LogP contribution in [0.2, 0.25) is 0 Å². The second-order valence-electron chi connectivity index (χ2n) is 4.36. The molecule has 2 N–H and O–H groups in total. The van der Waals surface area contributed by atoms with Crippen LogP contribution in [0.1, 0.15) is 10.4 Å². The number of pyridine rings is 2. The van der Waals surface area contributed by atoms with Gasteiger partial charge in [-0.3, -0.25) is 9.89 Å². The molecule has 0 aliphatic heterocycles. The number of aromatic nitrogens is 4. The first-order valence-corrected chi connectivity index (χ1v) is 6.41. The summed E-state index contributed by atoms with van der Waals surface area (Å²) in [4.78, 5) is 20.6. The summed E-state index contributed by atoms with van der Waals surface area (Å²) in [6.45, 7) is 0. The van der Waals surface area contributed by atoms with Crippen LogP contribution in [0.15, 0.2) is 30.6 Å². The van der Waals surface area contributed by atoms with E-state index in [-0.39, 0.29) is 11.8 Å². The van der Waals surface area contributed by atoms with E-state index in [1.54, 1.807) is 30.6 Å². The van der Waals surface area contributed by atoms with Crippen LogP contribution in [0.3, 0.4) is 0 Å². The number of aromatic amines is 1. The third-order valence-electron chi connectivity index (χ3n) is 3.08. The molecule has 0 aliphatic rings. The monoisotopic (exact) mass is 299 g/mol. The molecule has 8 heteroatoms. The molecule has 22 heavy (non-hydrogen) atoms. The van der Waals surface area contributed by atoms with Crippen LogP contribution in [-0.2, 0) is 0 Å². The highest BCUT2D eigenvalue weighted by Gasteiger charge is 2.16. The number of anilines is 1. The van der Waals surface area contributed by atoms with Gasteiger partial charge in [-0.15, -0.1) is 0 Å². The molecule has 0 spiro atoms. The minimum absolute atomic E-state index is 0.189. The largest absolute Gasteiger partial charge is 0.481 e. The van der Waals surface area contributed by atoms with Crippen LogP contribution in [-0.4, -0.2) is 40.3 Å². The van der Waals surface area contributed by atoms with Crippen molar-refractivity contribution >= 4 is 22.6 Å². The van der Waals surface area contributed by atoms with Gasteiger partial charge in [0.25, 0.3) is 5.91 Å². The number of hydrogen-bond donors (Lipinski definition) is 2. The van der Waals surface area contributed by atoms with Crippen LogP contribution in [0, 0.1) is 0 Å². The van der Waals surface area contributed by atoms with Gasteiger partial charge in [0.2, 0.25) is 11.8 Å². The molecule has 0 bridgehead atoms. The molecule has 3 rings (SSSR count). The van der Waals surface area contributed by atoms with E-state index in [4.69, 9.17) is 9.47 Å². The Morgan fingerprint density at radius 2 is 2.09 bits per heavy atom. The van der Waals surface area contributed by atoms with Crippen molar-refractivity contribution in [2.24, 2.45) is 0 Å². The van der Waals surface area contributed by atoms with Crippen molar-refractivity contribution in [1.29, 1.82) is 0 Å². The predicted molar refractivity (Wildman–Crippen MR) is 79.2 cm³/mol. The van der Waals surface area contributed by atoms with Gasteiger partial charge in [0.15, 0.2) is 5.65 Å². The highest BCUT2D eigenvalue weighted by atomic mass is 16.5. The van der Waals surface area contributed by atoms with Gasteiger partial charge < -0.3 is 14.8 Å². The second kappa shape index (κ2) is 5.68. The summed E-state index contributed by atoms with van der Waals surface area (Å²) in [6, 6.07) is 4.88. The van der Waals surface area contributed by atoms with E-state index in [0.717, 1.165) is 5.39 Å². The van der Waals surface area contributed by atoms with Crippen molar-refractivity contribution in [3.63, 3.8) is 0 Å². The fraction of sp³-hybridized carbons (Fsp3) is 0.143. The normalized spacial score (nSPS) is 10.5. The quantitative estimate of drug-likeness (QED) is 0.759. The maximum absolute atomic E-state index is 12.4. The molecule has 8 nitrogen and oxygen atoms in total. The van der Waals surface area contributed by atoms with Crippen LogP contribution in [0.4, 0.5) is 5.69 Å². The topological polar surface area (TPSA) is 102 Å². The average molecular weight is 299 g/mol. The number of hydrogen-bond acceptors (Lipinski definition) is 6. The molecule has 0 saturated heterocycles. The summed E-state index contributed by atoms with van der Waals surface area (Å²) < 4.78 is 10.1. The fourth-order valence-electron chi connectivity index (χ4n) is 2.02. The van der Waals surface area contributed by atoms with Crippen LogP contribution < -0.4 is 14.8 Å². The van der Waals surface area contributed by atoms with Crippen molar-refractivity contribution in [3.05, 3.63) is 36.2 Å². The van der Waals surface area contributed by atoms with Gasteiger partial charge in [-0.25, -0.2) is 4.98 Å². The first-order chi connectivity index (χ1) is 10.7. The first-order valence-electron chi connectivity index (χ1n) is 6.41. The molecule has 0 fully saturated rings. The molecule has 3 aromatic rings. The fourth-order valence-corrected chi connectivity index (χ4v) is 2.02. The highest BCUT2D eigenvalue weighted by Crippen LogP contribution is 2.23. The Balaban J connectivity index is 1.93. The average Bonchev–Trinajstić information content (AvgIpc) is 3.03. The van der Waals surface area contributed by atoms with Gasteiger partial charge in [-0.1, -0.05) is 0 Å². The maximum Gasteiger partial charge on any atom is 0.261 e. The number of carbonyl (C=O) groups is 1. The van der Waals surface area contributed by atoms with Gasteiger partial charge in [-0.2, -0.15) is 10.1 Å². The summed E-state index contributed by atoms with van der Waals surface area (Å²) >= 11 is 0. The van der Waals surface area contributed by atoms with Crippen molar-refractivity contribution < 1.29 is 14.3 Å². The number of ether oxygens (including phenoxy) is 2. The Bertz CT molecular complexity index is 830. The number of nitrogens with zero attached hydrogens (tertiary/aromatic N) is 3. The number of amides is 1. The molecule has 1 amide bonds. The molecule has 0 aliphatic carbocycles. The molecule has 3 heterocycles. The van der Waals surface area contributed by atoms with Crippen molar-refractivity contribution in [3.8, 4) is 11.8 Å². The molecule has 0 radical (unpaired) electrons. The number of nitrogens with one attached hydrogen (secondary N) is 2. The van der Waals surface area contributed by atoms with Gasteiger partial charge in [0.1, 0.15) is 5.56 Å². The van der Waals surface area contributed by atoms with Gasteiger partial charge in [0.05, 0.1) is 31.5 Å². The molecule has 0 aromatic carbocycles. The van der Waals surface area contributed by atoms with E-state index in [1.807, 2.05) is 0 Å². The molecule has 0 unspecified atom stereocenters. The SMILES string of the molecule is COc1ccc(C(=O)Nc2ccnc3[nH]ncc23)c(OC)n1. The molecule has 0 saturated carbocycles. The maximum atomic E-state index is 12.4. The third kappa shape index (κ3) is 2.41. The summed E-state index contributed by atoms with van der Waals surface area (Å²) in [7, 11) is 2.94. The lowest BCUT2D eigenvalue weighted by molar-refractivity contribution is 0.102. The lowest BCUT2D eigenvalue weighted by Gasteiger charge is -2.10. The van der Waals surface area contributed by atoms with E-state index in [2.05, 4.69) is 25.5 Å². The Morgan fingerprint density at radius 3 is 2.86 bits per heavy atom. The smallest absolute Gasteiger partial charge is 0.261 e. The van der Waals surface area contributed by atoms with Crippen molar-refractivity contribution in [1.82, 2.24) is 20.2 Å². The zero-order valence-corrected chi connectivity index (χ0v) is 12.0. The van der Waals surface area contributed by atoms with E-state index in [1.165, 1.54) is 14.2 Å². The van der Waals surface area contributed by atoms with E-state index < -0.39 is 0 Å². The summed E-state index contributed by atoms with van der Waals surface area (Å²) in [6.07, 6.45) is 3.18. The number of fused-ring (bicyclic) bond motifs is 1. The molecule has 0 atom stereocenters. The van der Waals surface area contributed by atoms with E-state index >= 15 is 0 Å². The number of rotatable bonds is 4. The summed E-state index contributed by atoms with van der Waals surface area (Å²) in [5.74, 6) is 0.213. The third-order valence-corrected chi connectivity index (χ3v) is 3.08. The Morgan fingerprint density at radius 1 is 1.23 bits per heavy atom. The number of carbonyl (C=O) groups excluding carboxylic acids is 1. The van der Waals surface area contributed by atoms with Crippen LogP contribution in [0.25, 0.3) is 11.0 Å². The zero-order chi connectivity index (χ0) is 15.5. The van der Waals surface area contributed by atoms with Gasteiger partial charge >= 0.3 is 0 Å². The number of H-pyrrole nitrogens is 1. The number of methoxy groups -OCH3 is 2. The van der Waals surface area contributed by atoms with Crippen molar-refractivity contribution in [2.75, 3.05) is 19.5 Å². The predicted octanol–water partition coefficient (Wildman–Crippen LogP) is 1.62. The van der Waals surface area contributed by atoms with Crippen LogP contribution >= 0.6 is 0 Å². The Kier molecular flexibility index (Phi) is 3.57. The Hall–Kier alpha value is -3.16. The zero-order valence-electron chi connectivity index (χ0n) is 12.0. The van der Waals surface area contributed by atoms with E-state index in [9.17, 15) is 4.79 Å². The standard InChI is InChI=1S/C14H13N5O3/c1-21-11-4-3-8(14(18-11)22-2)13(20)17-10-5-6-15-12-9(10)7-16-19-12/h3-7H,1-2H3,(H2,15,16,17,19,20). The minimum atomic E-state index is -0.347.